The summed E-state index contributed by atoms with van der Waals surface area (Å²) in [6.07, 6.45) is 9.51. The number of aromatic nitrogens is 2. The number of piperazine rings is 1. The first kappa shape index (κ1) is 32.1. The quantitative estimate of drug-likeness (QED) is 0.278. The van der Waals surface area contributed by atoms with E-state index in [0.29, 0.717) is 44.5 Å². The topological polar surface area (TPSA) is 120 Å². The Bertz CT molecular complexity index is 1480. The Morgan fingerprint density at radius 3 is 2.61 bits per heavy atom. The number of nitrogens with one attached hydrogen (secondary N) is 2. The second-order valence-corrected chi connectivity index (χ2v) is 13.5. The van der Waals surface area contributed by atoms with Crippen molar-refractivity contribution in [2.75, 3.05) is 50.7 Å². The largest absolute Gasteiger partial charge is 0.478 e. The maximum absolute atomic E-state index is 14.2. The lowest BCUT2D eigenvalue weighted by Gasteiger charge is -2.37. The number of aryl methyl sites for hydroxylation is 1. The molecule has 3 aliphatic rings. The van der Waals surface area contributed by atoms with Crippen LogP contribution in [0.15, 0.2) is 54.9 Å². The zero-order chi connectivity index (χ0) is 32.1. The third-order valence-electron chi connectivity index (χ3n) is 9.55. The van der Waals surface area contributed by atoms with Crippen LogP contribution in [0.1, 0.15) is 57.1 Å². The number of carbonyl (C=O) groups is 2. The normalized spacial score (nSPS) is 18.8. The second-order valence-electron chi connectivity index (χ2n) is 13.5. The lowest BCUT2D eigenvalue weighted by Crippen LogP contribution is -2.54. The fourth-order valence-electron chi connectivity index (χ4n) is 6.83. The van der Waals surface area contributed by atoms with Crippen molar-refractivity contribution < 1.29 is 14.3 Å². The Morgan fingerprint density at radius 2 is 1.87 bits per heavy atom. The average molecular weight is 628 g/mol. The highest BCUT2D eigenvalue weighted by molar-refractivity contribution is 5.85. The number of amides is 2. The standard InChI is InChI=1S/C36H49N7O3/c1-36(2,35(45)41-18-15-38-16-19-41)46-33-9-3-8-32(21-33)42-17-5-7-29(24-42)34(44)43(31-12-13-31)25-28-11-10-27(30-22-39-40-23-30)20-26(28)6-4-14-37/h3,8-11,20-23,29,31,38H,4-7,12-19,24-25,37H2,1-2H3,(H,39,40)/t29-/m1/s1. The van der Waals surface area contributed by atoms with Crippen LogP contribution in [0.4, 0.5) is 5.69 Å². The molecule has 2 aliphatic heterocycles. The van der Waals surface area contributed by atoms with Gasteiger partial charge < -0.3 is 30.5 Å². The summed E-state index contributed by atoms with van der Waals surface area (Å²) in [6, 6.07) is 14.9. The van der Waals surface area contributed by atoms with Crippen molar-refractivity contribution in [1.29, 1.82) is 0 Å². The molecular weight excluding hydrogens is 578 g/mol. The fraction of sp³-hybridized carbons (Fsp3) is 0.528. The summed E-state index contributed by atoms with van der Waals surface area (Å²) in [4.78, 5) is 33.8. The van der Waals surface area contributed by atoms with Crippen molar-refractivity contribution in [1.82, 2.24) is 25.3 Å². The van der Waals surface area contributed by atoms with Gasteiger partial charge in [0.2, 0.25) is 5.91 Å². The molecule has 1 aliphatic carbocycles. The Kier molecular flexibility index (Phi) is 9.94. The zero-order valence-electron chi connectivity index (χ0n) is 27.3. The predicted octanol–water partition coefficient (Wildman–Crippen LogP) is 3.96. The van der Waals surface area contributed by atoms with Gasteiger partial charge >= 0.3 is 0 Å². The Balaban J connectivity index is 1.14. The van der Waals surface area contributed by atoms with Gasteiger partial charge in [-0.25, -0.2) is 0 Å². The molecule has 4 N–H and O–H groups in total. The molecule has 246 valence electrons. The third-order valence-corrected chi connectivity index (χ3v) is 9.55. The molecule has 3 heterocycles. The minimum atomic E-state index is -0.971. The summed E-state index contributed by atoms with van der Waals surface area (Å²) in [5.74, 6) is 0.863. The molecule has 2 amide bonds. The van der Waals surface area contributed by atoms with Crippen LogP contribution in [-0.2, 0) is 22.6 Å². The van der Waals surface area contributed by atoms with Crippen molar-refractivity contribution in [3.63, 3.8) is 0 Å². The van der Waals surface area contributed by atoms with Crippen LogP contribution in [0, 0.1) is 5.92 Å². The van der Waals surface area contributed by atoms with Gasteiger partial charge in [0.25, 0.3) is 5.91 Å². The van der Waals surface area contributed by atoms with Crippen LogP contribution in [0.2, 0.25) is 0 Å². The summed E-state index contributed by atoms with van der Waals surface area (Å²) in [7, 11) is 0. The van der Waals surface area contributed by atoms with E-state index in [1.54, 1.807) is 0 Å². The summed E-state index contributed by atoms with van der Waals surface area (Å²) >= 11 is 0. The van der Waals surface area contributed by atoms with E-state index in [4.69, 9.17) is 10.5 Å². The van der Waals surface area contributed by atoms with Crippen LogP contribution in [0.25, 0.3) is 11.1 Å². The number of hydrogen-bond donors (Lipinski definition) is 3. The van der Waals surface area contributed by atoms with Crippen LogP contribution >= 0.6 is 0 Å². The van der Waals surface area contributed by atoms with E-state index in [-0.39, 0.29) is 17.7 Å². The molecule has 0 unspecified atom stereocenters. The van der Waals surface area contributed by atoms with E-state index >= 15 is 0 Å². The molecular formula is C36H49N7O3. The molecule has 0 bridgehead atoms. The van der Waals surface area contributed by atoms with Gasteiger partial charge in [-0.1, -0.05) is 24.3 Å². The van der Waals surface area contributed by atoms with E-state index in [9.17, 15) is 9.59 Å². The molecule has 2 saturated heterocycles. The molecule has 1 atom stereocenters. The number of hydrogen-bond acceptors (Lipinski definition) is 7. The monoisotopic (exact) mass is 627 g/mol. The van der Waals surface area contributed by atoms with Gasteiger partial charge in [-0.3, -0.25) is 14.7 Å². The number of H-pyrrole nitrogens is 1. The fourth-order valence-corrected chi connectivity index (χ4v) is 6.83. The highest BCUT2D eigenvalue weighted by atomic mass is 16.5. The minimum absolute atomic E-state index is 0.00510. The Hall–Kier alpha value is -3.89. The van der Waals surface area contributed by atoms with Crippen LogP contribution in [-0.4, -0.2) is 89.3 Å². The third kappa shape index (κ3) is 7.56. The number of benzene rings is 2. The first-order valence-corrected chi connectivity index (χ1v) is 17.0. The van der Waals surface area contributed by atoms with Crippen LogP contribution in [0.3, 0.4) is 0 Å². The lowest BCUT2D eigenvalue weighted by molar-refractivity contribution is -0.146. The molecule has 2 aromatic carbocycles. The molecule has 3 aromatic rings. The molecule has 10 nitrogen and oxygen atoms in total. The van der Waals surface area contributed by atoms with E-state index in [0.717, 1.165) is 75.0 Å². The van der Waals surface area contributed by atoms with E-state index in [1.165, 1.54) is 11.1 Å². The average Bonchev–Trinajstić information content (AvgIpc) is 3.78. The highest BCUT2D eigenvalue weighted by Gasteiger charge is 2.38. The van der Waals surface area contributed by atoms with Gasteiger partial charge in [0.1, 0.15) is 5.75 Å². The zero-order valence-corrected chi connectivity index (χ0v) is 27.3. The first-order valence-electron chi connectivity index (χ1n) is 17.0. The van der Waals surface area contributed by atoms with Crippen molar-refractivity contribution in [3.05, 3.63) is 66.0 Å². The minimum Gasteiger partial charge on any atom is -0.478 e. The number of rotatable bonds is 12. The lowest BCUT2D eigenvalue weighted by atomic mass is 9.94. The van der Waals surface area contributed by atoms with Crippen molar-refractivity contribution in [3.8, 4) is 16.9 Å². The SMILES string of the molecule is CC(C)(Oc1cccc(N2CCC[C@@H](C(=O)N(Cc3ccc(-c4cn[nH]c4)cc3CCCN)C3CC3)C2)c1)C(=O)N1CCNCC1. The number of carbonyl (C=O) groups excluding carboxylic acids is 2. The van der Waals surface area contributed by atoms with Gasteiger partial charge in [-0.15, -0.1) is 0 Å². The van der Waals surface area contributed by atoms with E-state index in [2.05, 4.69) is 49.6 Å². The van der Waals surface area contributed by atoms with Crippen molar-refractivity contribution in [2.24, 2.45) is 11.7 Å². The van der Waals surface area contributed by atoms with Gasteiger partial charge in [0.05, 0.1) is 12.1 Å². The number of nitrogens with zero attached hydrogens (tertiary/aromatic N) is 4. The van der Waals surface area contributed by atoms with Crippen molar-refractivity contribution in [2.45, 2.75) is 70.6 Å². The number of ether oxygens (including phenoxy) is 1. The molecule has 46 heavy (non-hydrogen) atoms. The molecule has 6 rings (SSSR count). The maximum atomic E-state index is 14.2. The highest BCUT2D eigenvalue weighted by Crippen LogP contribution is 2.35. The molecule has 3 fully saturated rings. The predicted molar refractivity (Wildman–Crippen MR) is 181 cm³/mol. The van der Waals surface area contributed by atoms with Gasteiger partial charge in [-0.05, 0) is 87.7 Å². The second kappa shape index (κ2) is 14.3. The Morgan fingerprint density at radius 1 is 1.04 bits per heavy atom. The smallest absolute Gasteiger partial charge is 0.266 e. The summed E-state index contributed by atoms with van der Waals surface area (Å²) < 4.78 is 6.31. The van der Waals surface area contributed by atoms with E-state index in [1.807, 2.05) is 49.3 Å². The number of anilines is 1. The molecule has 1 saturated carbocycles. The molecule has 1 aromatic heterocycles. The summed E-state index contributed by atoms with van der Waals surface area (Å²) in [5, 5.41) is 10.3. The van der Waals surface area contributed by atoms with Crippen molar-refractivity contribution >= 4 is 17.5 Å². The first-order chi connectivity index (χ1) is 22.3. The molecule has 0 radical (unpaired) electrons. The summed E-state index contributed by atoms with van der Waals surface area (Å²) in [5.41, 5.74) is 10.6. The number of nitrogens with two attached hydrogens (primary N) is 1. The van der Waals surface area contributed by atoms with Gasteiger partial charge in [0.15, 0.2) is 5.60 Å². The van der Waals surface area contributed by atoms with Gasteiger partial charge in [-0.2, -0.15) is 5.10 Å². The molecule has 10 heteroatoms. The van der Waals surface area contributed by atoms with E-state index < -0.39 is 5.60 Å². The number of aromatic amines is 1. The summed E-state index contributed by atoms with van der Waals surface area (Å²) in [6.45, 7) is 9.51. The molecule has 0 spiro atoms. The van der Waals surface area contributed by atoms with Gasteiger partial charge in [0, 0.05) is 75.4 Å². The Labute approximate surface area is 272 Å². The van der Waals surface area contributed by atoms with Crippen LogP contribution < -0.4 is 20.7 Å². The maximum Gasteiger partial charge on any atom is 0.266 e. The number of piperidine rings is 1. The van der Waals surface area contributed by atoms with Crippen LogP contribution in [0.5, 0.6) is 5.75 Å².